The molecule has 0 bridgehead atoms. The first kappa shape index (κ1) is 28.4. The van der Waals surface area contributed by atoms with E-state index in [1.165, 1.54) is 40.4 Å². The van der Waals surface area contributed by atoms with Crippen LogP contribution in [0.2, 0.25) is 0 Å². The number of anilines is 2. The monoisotopic (exact) mass is 607 g/mol. The van der Waals surface area contributed by atoms with Gasteiger partial charge in [0.15, 0.2) is 11.5 Å². The van der Waals surface area contributed by atoms with Crippen LogP contribution in [0.15, 0.2) is 90.0 Å². The summed E-state index contributed by atoms with van der Waals surface area (Å²) in [4.78, 5) is 39.7. The number of hydrogen-bond donors (Lipinski definition) is 1. The molecule has 3 aromatic carbocycles. The molecule has 5 aromatic rings. The van der Waals surface area contributed by atoms with Crippen LogP contribution in [-0.4, -0.2) is 56.3 Å². The molecule has 0 spiro atoms. The molecule has 1 saturated carbocycles. The lowest BCUT2D eigenvalue weighted by molar-refractivity contribution is -0.115. The minimum absolute atomic E-state index is 0.0912. The normalized spacial score (nSPS) is 14.8. The number of carbonyl (C=O) groups is 1. The molecule has 2 aliphatic rings. The van der Waals surface area contributed by atoms with Crippen LogP contribution in [0.25, 0.3) is 22.5 Å². The zero-order chi connectivity index (χ0) is 31.1. The summed E-state index contributed by atoms with van der Waals surface area (Å²) in [6.07, 6.45) is 7.12. The molecule has 0 saturated heterocycles. The lowest BCUT2D eigenvalue weighted by Crippen LogP contribution is -2.36. The van der Waals surface area contributed by atoms with E-state index in [9.17, 15) is 14.0 Å². The molecule has 45 heavy (non-hydrogen) atoms. The van der Waals surface area contributed by atoms with Crippen molar-refractivity contribution in [1.29, 1.82) is 0 Å². The van der Waals surface area contributed by atoms with Gasteiger partial charge < -0.3 is 15.2 Å². The number of benzene rings is 3. The number of amides is 1. The Morgan fingerprint density at radius 1 is 1.07 bits per heavy atom. The number of nitrogen functional groups attached to an aromatic ring is 1. The summed E-state index contributed by atoms with van der Waals surface area (Å²) in [6.45, 7) is 1.11. The third kappa shape index (κ3) is 5.56. The van der Waals surface area contributed by atoms with E-state index in [2.05, 4.69) is 21.9 Å². The van der Waals surface area contributed by atoms with Crippen molar-refractivity contribution in [2.45, 2.75) is 25.5 Å². The molecule has 2 N–H and O–H groups in total. The minimum Gasteiger partial charge on any atom is -0.457 e. The fourth-order valence-corrected chi connectivity index (χ4v) is 5.49. The number of fused-ring (bicyclic) bond motifs is 2. The molecule has 2 aromatic heterocycles. The average Bonchev–Trinajstić information content (AvgIpc) is 3.84. The summed E-state index contributed by atoms with van der Waals surface area (Å²) < 4.78 is 28.0. The molecule has 0 unspecified atom stereocenters. The highest BCUT2D eigenvalue weighted by Gasteiger charge is 2.27. The lowest BCUT2D eigenvalue weighted by Gasteiger charge is -2.29. The first-order valence-corrected chi connectivity index (χ1v) is 14.5. The van der Waals surface area contributed by atoms with Gasteiger partial charge in [-0.15, -0.1) is 0 Å². The van der Waals surface area contributed by atoms with Crippen LogP contribution in [0.1, 0.15) is 18.4 Å². The number of nitrogens with two attached hydrogens (primary N) is 1. The van der Waals surface area contributed by atoms with Crippen LogP contribution in [0.4, 0.5) is 15.9 Å². The topological polar surface area (TPSA) is 121 Å². The number of aromatic nitrogens is 4. The fraction of sp³-hybridized carbons (Fsp3) is 0.212. The summed E-state index contributed by atoms with van der Waals surface area (Å²) in [5.74, 6) is 0.315. The maximum Gasteiger partial charge on any atom is 0.339 e. The van der Waals surface area contributed by atoms with Crippen molar-refractivity contribution < 1.29 is 18.7 Å². The number of likely N-dealkylation sites (N-methyl/N-ethyl adjacent to an activating group) is 1. The summed E-state index contributed by atoms with van der Waals surface area (Å²) in [5.41, 5.74) is 8.99. The van der Waals surface area contributed by atoms with Gasteiger partial charge in [0, 0.05) is 30.3 Å². The Morgan fingerprint density at radius 2 is 1.87 bits per heavy atom. The van der Waals surface area contributed by atoms with Gasteiger partial charge in [-0.05, 0) is 68.4 Å². The number of imidazole rings is 1. The van der Waals surface area contributed by atoms with Gasteiger partial charge in [0.1, 0.15) is 35.9 Å². The molecule has 1 aliphatic carbocycles. The minimum atomic E-state index is -0.427. The summed E-state index contributed by atoms with van der Waals surface area (Å²) in [7, 11) is 2.05. The maximum absolute atomic E-state index is 14.1. The van der Waals surface area contributed by atoms with Crippen molar-refractivity contribution in [1.82, 2.24) is 24.0 Å². The molecular formula is C33H30FN7O4. The van der Waals surface area contributed by atoms with Crippen LogP contribution in [0.3, 0.4) is 0 Å². The Kier molecular flexibility index (Phi) is 7.35. The first-order valence-electron chi connectivity index (χ1n) is 14.5. The molecular weight excluding hydrogens is 577 g/mol. The SMILES string of the molecule is CN(C/C=C/C(=O)N1COCc2ccc(-n3c(=O)n(-c4ccc(Oc5cccc(F)c5)cc4)c4c(N)ncnc43)cc21)C1CC1. The van der Waals surface area contributed by atoms with Crippen molar-refractivity contribution in [3.63, 3.8) is 0 Å². The van der Waals surface area contributed by atoms with E-state index < -0.39 is 11.5 Å². The second kappa shape index (κ2) is 11.6. The Balaban J connectivity index is 1.24. The van der Waals surface area contributed by atoms with Crippen molar-refractivity contribution in [2.75, 3.05) is 31.0 Å². The lowest BCUT2D eigenvalue weighted by atomic mass is 10.1. The van der Waals surface area contributed by atoms with Crippen LogP contribution < -0.4 is 21.1 Å². The van der Waals surface area contributed by atoms with E-state index in [4.69, 9.17) is 15.2 Å². The van der Waals surface area contributed by atoms with E-state index in [0.717, 1.165) is 5.56 Å². The van der Waals surface area contributed by atoms with E-state index >= 15 is 0 Å². The molecule has 7 rings (SSSR count). The quantitative estimate of drug-likeness (QED) is 0.255. The highest BCUT2D eigenvalue weighted by Crippen LogP contribution is 2.31. The molecule has 3 heterocycles. The van der Waals surface area contributed by atoms with Crippen molar-refractivity contribution in [3.05, 3.63) is 107 Å². The van der Waals surface area contributed by atoms with Crippen LogP contribution in [0, 0.1) is 5.82 Å². The Labute approximate surface area is 257 Å². The molecule has 228 valence electrons. The smallest absolute Gasteiger partial charge is 0.339 e. The van der Waals surface area contributed by atoms with E-state index in [1.807, 2.05) is 12.1 Å². The van der Waals surface area contributed by atoms with Gasteiger partial charge in [0.2, 0.25) is 0 Å². The third-order valence-corrected chi connectivity index (χ3v) is 7.96. The zero-order valence-corrected chi connectivity index (χ0v) is 24.5. The Morgan fingerprint density at radius 3 is 2.64 bits per heavy atom. The molecule has 1 aliphatic heterocycles. The molecule has 11 nitrogen and oxygen atoms in total. The number of hydrogen-bond acceptors (Lipinski definition) is 8. The predicted molar refractivity (Wildman–Crippen MR) is 167 cm³/mol. The molecule has 0 atom stereocenters. The summed E-state index contributed by atoms with van der Waals surface area (Å²) in [6, 6.07) is 18.6. The average molecular weight is 608 g/mol. The zero-order valence-electron chi connectivity index (χ0n) is 24.5. The molecule has 1 amide bonds. The van der Waals surface area contributed by atoms with Gasteiger partial charge in [-0.1, -0.05) is 18.2 Å². The molecule has 12 heteroatoms. The summed E-state index contributed by atoms with van der Waals surface area (Å²) in [5, 5.41) is 0. The van der Waals surface area contributed by atoms with Gasteiger partial charge in [0.05, 0.1) is 23.7 Å². The first-order chi connectivity index (χ1) is 21.9. The number of halogens is 1. The van der Waals surface area contributed by atoms with Gasteiger partial charge in [0.25, 0.3) is 5.91 Å². The highest BCUT2D eigenvalue weighted by molar-refractivity contribution is 6.02. The number of rotatable bonds is 8. The fourth-order valence-electron chi connectivity index (χ4n) is 5.49. The van der Waals surface area contributed by atoms with Crippen LogP contribution in [-0.2, 0) is 16.1 Å². The van der Waals surface area contributed by atoms with E-state index in [1.54, 1.807) is 59.5 Å². The second-order valence-corrected chi connectivity index (χ2v) is 11.1. The van der Waals surface area contributed by atoms with Crippen LogP contribution >= 0.6 is 0 Å². The van der Waals surface area contributed by atoms with Crippen molar-refractivity contribution in [2.24, 2.45) is 0 Å². The van der Waals surface area contributed by atoms with Crippen molar-refractivity contribution >= 4 is 28.6 Å². The third-order valence-electron chi connectivity index (χ3n) is 7.96. The summed E-state index contributed by atoms with van der Waals surface area (Å²) >= 11 is 0. The van der Waals surface area contributed by atoms with Crippen LogP contribution in [0.5, 0.6) is 11.5 Å². The van der Waals surface area contributed by atoms with E-state index in [0.29, 0.717) is 58.9 Å². The van der Waals surface area contributed by atoms with Gasteiger partial charge in [-0.25, -0.2) is 23.7 Å². The second-order valence-electron chi connectivity index (χ2n) is 11.1. The Hall–Kier alpha value is -5.33. The van der Waals surface area contributed by atoms with Gasteiger partial charge >= 0.3 is 5.69 Å². The number of ether oxygens (including phenoxy) is 2. The van der Waals surface area contributed by atoms with Gasteiger partial charge in [-0.3, -0.25) is 19.2 Å². The number of carbonyl (C=O) groups excluding carboxylic acids is 1. The largest absolute Gasteiger partial charge is 0.457 e. The van der Waals surface area contributed by atoms with E-state index in [-0.39, 0.29) is 18.5 Å². The predicted octanol–water partition coefficient (Wildman–Crippen LogP) is 4.56. The Bertz CT molecular complexity index is 2000. The molecule has 0 radical (unpaired) electrons. The maximum atomic E-state index is 14.1. The van der Waals surface area contributed by atoms with Crippen molar-refractivity contribution in [3.8, 4) is 22.9 Å². The highest BCUT2D eigenvalue weighted by atomic mass is 19.1. The number of nitrogens with zero attached hydrogens (tertiary/aromatic N) is 6. The van der Waals surface area contributed by atoms with Gasteiger partial charge in [-0.2, -0.15) is 0 Å². The molecule has 1 fully saturated rings. The standard InChI is InChI=1S/C33H30FN7O4/c1-38(23-9-10-23)15-3-6-29(42)39-20-44-18-21-7-8-25(17-28(21)39)41-32-30(31(35)36-19-37-32)40(33(41)43)24-11-13-26(14-12-24)45-27-5-2-4-22(34)16-27/h2-8,11-14,16-17,19,23H,9-10,15,18,20H2,1H3,(H2,35,36,37)/b6-3+.